The number of aryl methyl sites for hydroxylation is 1. The first-order valence-corrected chi connectivity index (χ1v) is 9.61. The maximum atomic E-state index is 12.7. The van der Waals surface area contributed by atoms with Crippen LogP contribution in [-0.2, 0) is 14.4 Å². The Balaban J connectivity index is 1.56. The van der Waals surface area contributed by atoms with Crippen molar-refractivity contribution in [1.82, 2.24) is 15.1 Å². The highest BCUT2D eigenvalue weighted by Gasteiger charge is 2.37. The molecule has 0 aromatic heterocycles. The monoisotopic (exact) mass is 400 g/mol. The predicted octanol–water partition coefficient (Wildman–Crippen LogP) is 0.357. The van der Waals surface area contributed by atoms with Gasteiger partial charge in [0.2, 0.25) is 5.91 Å². The van der Waals surface area contributed by atoms with E-state index in [1.165, 1.54) is 4.90 Å². The minimum absolute atomic E-state index is 0.00153. The first-order chi connectivity index (χ1) is 13.8. The number of hydrogen-bond donors (Lipinski definition) is 1. The number of rotatable bonds is 5. The van der Waals surface area contributed by atoms with Crippen LogP contribution in [0.5, 0.6) is 0 Å². The smallest absolute Gasteiger partial charge is 0.317 e. The fourth-order valence-corrected chi connectivity index (χ4v) is 3.38. The first kappa shape index (κ1) is 20.5. The van der Waals surface area contributed by atoms with E-state index in [-0.39, 0.29) is 30.8 Å². The number of Topliss-reactive ketones (excluding diaryl/α,β-unsaturated/α-hetero) is 2. The van der Waals surface area contributed by atoms with Gasteiger partial charge in [0.1, 0.15) is 6.54 Å². The van der Waals surface area contributed by atoms with Gasteiger partial charge in [0.05, 0.1) is 17.8 Å². The summed E-state index contributed by atoms with van der Waals surface area (Å²) in [6.07, 6.45) is 0.364. The van der Waals surface area contributed by atoms with E-state index in [0.717, 1.165) is 5.56 Å². The summed E-state index contributed by atoms with van der Waals surface area (Å²) < 4.78 is 0. The Kier molecular flexibility index (Phi) is 5.95. The molecule has 1 fully saturated rings. The van der Waals surface area contributed by atoms with Crippen LogP contribution in [0, 0.1) is 6.92 Å². The fraction of sp³-hybridized carbons (Fsp3) is 0.450. The molecule has 2 aliphatic heterocycles. The molecule has 9 nitrogen and oxygen atoms in total. The minimum atomic E-state index is -0.697. The molecule has 154 valence electrons. The van der Waals surface area contributed by atoms with E-state index in [1.807, 2.05) is 6.92 Å². The first-order valence-electron chi connectivity index (χ1n) is 9.61. The Morgan fingerprint density at radius 3 is 2.34 bits per heavy atom. The molecule has 0 radical (unpaired) electrons. The van der Waals surface area contributed by atoms with Crippen LogP contribution < -0.4 is 10.2 Å². The van der Waals surface area contributed by atoms with Crippen molar-refractivity contribution in [1.29, 1.82) is 0 Å². The van der Waals surface area contributed by atoms with Gasteiger partial charge in [0.15, 0.2) is 5.78 Å². The molecule has 0 saturated carbocycles. The molecule has 1 saturated heterocycles. The van der Waals surface area contributed by atoms with Gasteiger partial charge in [-0.3, -0.25) is 24.1 Å². The second kappa shape index (κ2) is 8.42. The number of carbonyl (C=O) groups is 5. The number of carbonyl (C=O) groups excluding carboxylic acids is 5. The lowest BCUT2D eigenvalue weighted by atomic mass is 10.1. The number of amides is 4. The molecule has 3 rings (SSSR count). The number of urea groups is 1. The molecule has 1 aromatic carbocycles. The van der Waals surface area contributed by atoms with Gasteiger partial charge in [-0.2, -0.15) is 0 Å². The Morgan fingerprint density at radius 2 is 1.69 bits per heavy atom. The van der Waals surface area contributed by atoms with E-state index in [2.05, 4.69) is 5.32 Å². The molecule has 29 heavy (non-hydrogen) atoms. The molecule has 0 atom stereocenters. The van der Waals surface area contributed by atoms with Crippen LogP contribution in [0.25, 0.3) is 0 Å². The van der Waals surface area contributed by atoms with E-state index in [1.54, 1.807) is 34.9 Å². The van der Waals surface area contributed by atoms with Gasteiger partial charge in [-0.15, -0.1) is 0 Å². The van der Waals surface area contributed by atoms with Crippen LogP contribution in [-0.4, -0.2) is 78.5 Å². The summed E-state index contributed by atoms with van der Waals surface area (Å²) in [6, 6.07) is 4.80. The summed E-state index contributed by atoms with van der Waals surface area (Å²) in [5, 5.41) is 2.58. The van der Waals surface area contributed by atoms with Crippen LogP contribution in [0.15, 0.2) is 18.2 Å². The topological polar surface area (TPSA) is 107 Å². The predicted molar refractivity (Wildman–Crippen MR) is 105 cm³/mol. The lowest BCUT2D eigenvalue weighted by Crippen LogP contribution is -2.55. The van der Waals surface area contributed by atoms with E-state index < -0.39 is 11.7 Å². The zero-order valence-electron chi connectivity index (χ0n) is 16.6. The summed E-state index contributed by atoms with van der Waals surface area (Å²) in [6.45, 7) is 4.67. The second-order valence-corrected chi connectivity index (χ2v) is 7.16. The van der Waals surface area contributed by atoms with Gasteiger partial charge in [-0.25, -0.2) is 4.79 Å². The van der Waals surface area contributed by atoms with Gasteiger partial charge in [0, 0.05) is 32.6 Å². The van der Waals surface area contributed by atoms with E-state index in [0.29, 0.717) is 43.9 Å². The summed E-state index contributed by atoms with van der Waals surface area (Å²) in [5.74, 6) is -1.62. The fourth-order valence-electron chi connectivity index (χ4n) is 3.38. The van der Waals surface area contributed by atoms with Crippen LogP contribution in [0.2, 0.25) is 0 Å². The van der Waals surface area contributed by atoms with Crippen molar-refractivity contribution in [2.45, 2.75) is 20.3 Å². The normalized spacial score (nSPS) is 16.1. The number of nitrogens with zero attached hydrogens (tertiary/aromatic N) is 3. The SMILES string of the molecule is CCC(=O)CNC(=O)N1CCN(C(=O)CN2C(=O)C(=O)c3cc(C)ccc32)CC1. The molecule has 0 unspecified atom stereocenters. The number of piperazine rings is 1. The number of fused-ring (bicyclic) bond motifs is 1. The van der Waals surface area contributed by atoms with E-state index >= 15 is 0 Å². The highest BCUT2D eigenvalue weighted by Crippen LogP contribution is 2.29. The Morgan fingerprint density at radius 1 is 1.03 bits per heavy atom. The summed E-state index contributed by atoms with van der Waals surface area (Å²) >= 11 is 0. The third-order valence-electron chi connectivity index (χ3n) is 5.17. The molecule has 1 N–H and O–H groups in total. The summed E-state index contributed by atoms with van der Waals surface area (Å²) in [7, 11) is 0. The Labute approximate surface area is 168 Å². The van der Waals surface area contributed by atoms with Crippen molar-refractivity contribution in [2.75, 3.05) is 44.2 Å². The van der Waals surface area contributed by atoms with Crippen molar-refractivity contribution in [3.63, 3.8) is 0 Å². The molecule has 9 heteroatoms. The number of nitrogens with one attached hydrogen (secondary N) is 1. The third kappa shape index (κ3) is 4.28. The Hall–Kier alpha value is -3.23. The highest BCUT2D eigenvalue weighted by atomic mass is 16.2. The minimum Gasteiger partial charge on any atom is -0.338 e. The van der Waals surface area contributed by atoms with Gasteiger partial charge in [-0.05, 0) is 19.1 Å². The zero-order valence-corrected chi connectivity index (χ0v) is 16.6. The molecular formula is C20H24N4O5. The number of hydrogen-bond acceptors (Lipinski definition) is 5. The number of anilines is 1. The maximum Gasteiger partial charge on any atom is 0.317 e. The van der Waals surface area contributed by atoms with Crippen molar-refractivity contribution in [3.8, 4) is 0 Å². The largest absolute Gasteiger partial charge is 0.338 e. The second-order valence-electron chi connectivity index (χ2n) is 7.16. The summed E-state index contributed by atoms with van der Waals surface area (Å²) in [4.78, 5) is 64.9. The van der Waals surface area contributed by atoms with Crippen LogP contribution in [0.1, 0.15) is 29.3 Å². The van der Waals surface area contributed by atoms with E-state index in [4.69, 9.17) is 0 Å². The molecular weight excluding hydrogens is 376 g/mol. The van der Waals surface area contributed by atoms with Gasteiger partial charge in [0.25, 0.3) is 11.7 Å². The van der Waals surface area contributed by atoms with E-state index in [9.17, 15) is 24.0 Å². The molecule has 2 heterocycles. The van der Waals surface area contributed by atoms with Crippen molar-refractivity contribution in [3.05, 3.63) is 29.3 Å². The quantitative estimate of drug-likeness (QED) is 0.718. The summed E-state index contributed by atoms with van der Waals surface area (Å²) in [5.41, 5.74) is 1.65. The molecule has 0 spiro atoms. The average Bonchev–Trinajstić information content (AvgIpc) is 2.96. The molecule has 0 bridgehead atoms. The van der Waals surface area contributed by atoms with Crippen LogP contribution in [0.3, 0.4) is 0 Å². The zero-order chi connectivity index (χ0) is 21.1. The van der Waals surface area contributed by atoms with Crippen molar-refractivity contribution < 1.29 is 24.0 Å². The lowest BCUT2D eigenvalue weighted by molar-refractivity contribution is -0.132. The maximum absolute atomic E-state index is 12.7. The van der Waals surface area contributed by atoms with Crippen LogP contribution in [0.4, 0.5) is 10.5 Å². The Bertz CT molecular complexity index is 874. The van der Waals surface area contributed by atoms with Gasteiger partial charge < -0.3 is 15.1 Å². The molecule has 2 aliphatic rings. The van der Waals surface area contributed by atoms with Crippen molar-refractivity contribution in [2.24, 2.45) is 0 Å². The lowest BCUT2D eigenvalue weighted by Gasteiger charge is -2.35. The number of benzene rings is 1. The standard InChI is InChI=1S/C20H24N4O5/c1-3-14(25)11-21-20(29)23-8-6-22(7-9-23)17(26)12-24-16-5-4-13(2)10-15(16)18(27)19(24)28/h4-5,10H,3,6-9,11-12H2,1-2H3,(H,21,29). The van der Waals surface area contributed by atoms with Crippen LogP contribution >= 0.6 is 0 Å². The average molecular weight is 400 g/mol. The highest BCUT2D eigenvalue weighted by molar-refractivity contribution is 6.52. The van der Waals surface area contributed by atoms with Gasteiger partial charge in [-0.1, -0.05) is 18.6 Å². The van der Waals surface area contributed by atoms with Crippen molar-refractivity contribution >= 4 is 35.1 Å². The molecule has 1 aromatic rings. The third-order valence-corrected chi connectivity index (χ3v) is 5.17. The molecule has 4 amide bonds. The molecule has 0 aliphatic carbocycles. The number of ketones is 2. The van der Waals surface area contributed by atoms with Gasteiger partial charge >= 0.3 is 6.03 Å².